The van der Waals surface area contributed by atoms with Gasteiger partial charge in [-0.1, -0.05) is 0 Å². The molecule has 1 aliphatic carbocycles. The van der Waals surface area contributed by atoms with Crippen molar-refractivity contribution in [2.45, 2.75) is 46.5 Å². The molecule has 0 fully saturated rings. The number of rotatable bonds is 2. The van der Waals surface area contributed by atoms with Crippen LogP contribution in [0, 0.1) is 32.1 Å². The molecule has 4 rings (SSSR count). The van der Waals surface area contributed by atoms with E-state index in [1.165, 1.54) is 27.6 Å². The molecule has 1 aliphatic rings. The molecule has 0 saturated heterocycles. The fourth-order valence-corrected chi connectivity index (χ4v) is 6.00. The summed E-state index contributed by atoms with van der Waals surface area (Å²) in [7, 11) is 0. The average molecular weight is 397 g/mol. The maximum Gasteiger partial charge on any atom is 0.268 e. The van der Waals surface area contributed by atoms with Gasteiger partial charge < -0.3 is 11.1 Å². The van der Waals surface area contributed by atoms with Gasteiger partial charge in [-0.3, -0.25) is 4.79 Å². The van der Waals surface area contributed by atoms with E-state index in [0.29, 0.717) is 21.1 Å². The number of carbonyl (C=O) groups is 1. The van der Waals surface area contributed by atoms with Crippen LogP contribution in [-0.2, 0) is 12.8 Å². The van der Waals surface area contributed by atoms with E-state index in [9.17, 15) is 10.1 Å². The van der Waals surface area contributed by atoms with Crippen LogP contribution in [0.3, 0.4) is 0 Å². The van der Waals surface area contributed by atoms with Crippen LogP contribution in [-0.4, -0.2) is 10.9 Å². The van der Waals surface area contributed by atoms with E-state index in [2.05, 4.69) is 16.4 Å². The summed E-state index contributed by atoms with van der Waals surface area (Å²) >= 11 is 2.83. The van der Waals surface area contributed by atoms with Crippen LogP contribution in [0.4, 0.5) is 10.7 Å². The summed E-state index contributed by atoms with van der Waals surface area (Å²) in [5.41, 5.74) is 11.6. The zero-order valence-electron chi connectivity index (χ0n) is 15.5. The summed E-state index contributed by atoms with van der Waals surface area (Å²) in [5, 5.41) is 14.0. The number of hydrogen-bond acceptors (Lipinski definition) is 6. The number of fused-ring (bicyclic) bond motifs is 2. The molecule has 138 valence electrons. The first-order valence-corrected chi connectivity index (χ1v) is 10.6. The number of pyridine rings is 1. The largest absolute Gasteiger partial charge is 0.397 e. The van der Waals surface area contributed by atoms with Crippen LogP contribution in [0.5, 0.6) is 0 Å². The van der Waals surface area contributed by atoms with Crippen molar-refractivity contribution in [1.29, 1.82) is 5.26 Å². The lowest BCUT2D eigenvalue weighted by Gasteiger charge is -2.09. The number of hydrogen-bond donors (Lipinski definition) is 2. The van der Waals surface area contributed by atoms with Crippen LogP contribution < -0.4 is 11.1 Å². The molecule has 0 spiro atoms. The van der Waals surface area contributed by atoms with E-state index >= 15 is 0 Å². The molecule has 0 bridgehead atoms. The Morgan fingerprint density at radius 2 is 1.93 bits per heavy atom. The van der Waals surface area contributed by atoms with Crippen molar-refractivity contribution in [3.8, 4) is 6.07 Å². The molecule has 3 aromatic heterocycles. The molecule has 27 heavy (non-hydrogen) atoms. The molecular weight excluding hydrogens is 376 g/mol. The molecule has 0 atom stereocenters. The first-order chi connectivity index (χ1) is 12.9. The second kappa shape index (κ2) is 6.63. The summed E-state index contributed by atoms with van der Waals surface area (Å²) in [6.45, 7) is 5.99. The molecular formula is C20H20N4OS2. The zero-order chi connectivity index (χ0) is 19.3. The third-order valence-electron chi connectivity index (χ3n) is 5.39. The Balaban J connectivity index is 1.75. The van der Waals surface area contributed by atoms with Crippen molar-refractivity contribution in [1.82, 2.24) is 4.98 Å². The van der Waals surface area contributed by atoms with Crippen molar-refractivity contribution < 1.29 is 4.79 Å². The van der Waals surface area contributed by atoms with Gasteiger partial charge in [-0.2, -0.15) is 5.26 Å². The van der Waals surface area contributed by atoms with Crippen LogP contribution >= 0.6 is 22.7 Å². The summed E-state index contributed by atoms with van der Waals surface area (Å²) in [6.07, 6.45) is 4.13. The Labute approximate surface area is 165 Å². The lowest BCUT2D eigenvalue weighted by Crippen LogP contribution is -2.12. The van der Waals surface area contributed by atoms with Gasteiger partial charge in [0, 0.05) is 16.0 Å². The Morgan fingerprint density at radius 1 is 1.19 bits per heavy atom. The van der Waals surface area contributed by atoms with E-state index in [-0.39, 0.29) is 5.91 Å². The number of carbonyl (C=O) groups excluding carboxylic acids is 1. The number of nitrogens with zero attached hydrogens (tertiary/aromatic N) is 2. The minimum absolute atomic E-state index is 0.264. The lowest BCUT2D eigenvalue weighted by molar-refractivity contribution is 0.103. The number of nitrogen functional groups attached to an aromatic ring is 1. The van der Waals surface area contributed by atoms with Crippen LogP contribution in [0.15, 0.2) is 0 Å². The predicted octanol–water partition coefficient (Wildman–Crippen LogP) is 4.87. The number of nitrogens with two attached hydrogens (primary N) is 1. The van der Waals surface area contributed by atoms with Gasteiger partial charge in [0.2, 0.25) is 0 Å². The molecule has 3 heterocycles. The predicted molar refractivity (Wildman–Crippen MR) is 112 cm³/mol. The van der Waals surface area contributed by atoms with Gasteiger partial charge >= 0.3 is 0 Å². The number of nitriles is 1. The van der Waals surface area contributed by atoms with Gasteiger partial charge in [0.1, 0.15) is 20.8 Å². The van der Waals surface area contributed by atoms with Crippen LogP contribution in [0.2, 0.25) is 0 Å². The Hall–Kier alpha value is -2.43. The number of aromatic nitrogens is 1. The number of anilines is 2. The first-order valence-electron chi connectivity index (χ1n) is 8.94. The second-order valence-electron chi connectivity index (χ2n) is 6.95. The van der Waals surface area contributed by atoms with E-state index in [1.54, 1.807) is 0 Å². The van der Waals surface area contributed by atoms with Crippen molar-refractivity contribution in [2.75, 3.05) is 11.1 Å². The van der Waals surface area contributed by atoms with Crippen LogP contribution in [0.1, 0.15) is 55.3 Å². The van der Waals surface area contributed by atoms with Crippen LogP contribution in [0.25, 0.3) is 10.2 Å². The minimum atomic E-state index is -0.264. The maximum absolute atomic E-state index is 13.0. The Morgan fingerprint density at radius 3 is 2.67 bits per heavy atom. The highest BCUT2D eigenvalue weighted by molar-refractivity contribution is 7.21. The molecule has 0 aliphatic heterocycles. The quantitative estimate of drug-likeness (QED) is 0.646. The molecule has 3 N–H and O–H groups in total. The van der Waals surface area contributed by atoms with Crippen molar-refractivity contribution in [3.63, 3.8) is 0 Å². The maximum atomic E-state index is 13.0. The third-order valence-corrected chi connectivity index (χ3v) is 7.70. The highest BCUT2D eigenvalue weighted by Crippen LogP contribution is 2.40. The SMILES string of the molecule is Cc1nc2sc(C(=O)Nc3sc4c(c3C#N)CCCC4)c(N)c2c(C)c1C. The monoisotopic (exact) mass is 396 g/mol. The molecule has 1 amide bonds. The van der Waals surface area contributed by atoms with Gasteiger partial charge in [-0.25, -0.2) is 4.98 Å². The average Bonchev–Trinajstić information content (AvgIpc) is 3.16. The summed E-state index contributed by atoms with van der Waals surface area (Å²) < 4.78 is 0. The van der Waals surface area contributed by atoms with Gasteiger partial charge in [0.05, 0.1) is 11.3 Å². The van der Waals surface area contributed by atoms with Gasteiger partial charge in [0.15, 0.2) is 0 Å². The van der Waals surface area contributed by atoms with E-state index in [1.807, 2.05) is 20.8 Å². The minimum Gasteiger partial charge on any atom is -0.397 e. The normalized spacial score (nSPS) is 13.4. The Kier molecular flexibility index (Phi) is 4.41. The first kappa shape index (κ1) is 18.0. The van der Waals surface area contributed by atoms with E-state index < -0.39 is 0 Å². The molecule has 3 aromatic rings. The molecule has 7 heteroatoms. The molecule has 0 aromatic carbocycles. The highest BCUT2D eigenvalue weighted by atomic mass is 32.1. The highest BCUT2D eigenvalue weighted by Gasteiger charge is 2.25. The molecule has 0 saturated carbocycles. The number of thiophene rings is 2. The van der Waals surface area contributed by atoms with Crippen molar-refractivity contribution >= 4 is 49.5 Å². The fourth-order valence-electron chi connectivity index (χ4n) is 3.67. The van der Waals surface area contributed by atoms with E-state index in [4.69, 9.17) is 5.73 Å². The zero-order valence-corrected chi connectivity index (χ0v) is 17.2. The molecule has 5 nitrogen and oxygen atoms in total. The summed E-state index contributed by atoms with van der Waals surface area (Å²) in [4.78, 5) is 20.0. The van der Waals surface area contributed by atoms with Gasteiger partial charge in [-0.05, 0) is 63.1 Å². The lowest BCUT2D eigenvalue weighted by atomic mass is 9.96. The van der Waals surface area contributed by atoms with Gasteiger partial charge in [-0.15, -0.1) is 22.7 Å². The topological polar surface area (TPSA) is 91.8 Å². The van der Waals surface area contributed by atoms with E-state index in [0.717, 1.165) is 58.3 Å². The standard InChI is InChI=1S/C20H20N4OS2/c1-9-10(2)15-16(22)17(27-20(15)23-11(9)3)18(25)24-19-13(8-21)12-6-4-5-7-14(12)26-19/h4-7,22H2,1-3H3,(H,24,25). The Bertz CT molecular complexity index is 1130. The summed E-state index contributed by atoms with van der Waals surface area (Å²) in [6, 6.07) is 2.28. The number of nitrogens with one attached hydrogen (secondary N) is 1. The number of aryl methyl sites for hydroxylation is 3. The van der Waals surface area contributed by atoms with Crippen molar-refractivity contribution in [2.24, 2.45) is 0 Å². The third kappa shape index (κ3) is 2.80. The van der Waals surface area contributed by atoms with Gasteiger partial charge in [0.25, 0.3) is 5.91 Å². The van der Waals surface area contributed by atoms with Crippen molar-refractivity contribution in [3.05, 3.63) is 37.7 Å². The summed E-state index contributed by atoms with van der Waals surface area (Å²) in [5.74, 6) is -0.264. The fraction of sp³-hybridized carbons (Fsp3) is 0.350. The molecule has 0 unspecified atom stereocenters. The molecule has 0 radical (unpaired) electrons. The smallest absolute Gasteiger partial charge is 0.268 e. The second-order valence-corrected chi connectivity index (χ2v) is 9.06. The number of amides is 1.